The van der Waals surface area contributed by atoms with Crippen LogP contribution in [0.1, 0.15) is 44.0 Å². The molecule has 0 aliphatic heterocycles. The molecular formula is C15H23N3O2. The third-order valence-electron chi connectivity index (χ3n) is 3.14. The molecule has 20 heavy (non-hydrogen) atoms. The Bertz CT molecular complexity index is 467. The first-order chi connectivity index (χ1) is 9.38. The van der Waals surface area contributed by atoms with Crippen LogP contribution in [0.25, 0.3) is 0 Å². The number of hydrogen-bond acceptors (Lipinski definition) is 3. The maximum Gasteiger partial charge on any atom is 0.251 e. The summed E-state index contributed by atoms with van der Waals surface area (Å²) in [6.45, 7) is 6.30. The predicted octanol–water partition coefficient (Wildman–Crippen LogP) is 1.89. The fourth-order valence-electron chi connectivity index (χ4n) is 1.53. The molecule has 0 aromatic heterocycles. The number of nitrogens with two attached hydrogens (primary N) is 1. The summed E-state index contributed by atoms with van der Waals surface area (Å²) in [6.07, 6.45) is 1.14. The average molecular weight is 277 g/mol. The van der Waals surface area contributed by atoms with Gasteiger partial charge in [-0.2, -0.15) is 0 Å². The van der Waals surface area contributed by atoms with Crippen LogP contribution >= 0.6 is 0 Å². The Hall–Kier alpha value is -1.88. The van der Waals surface area contributed by atoms with Crippen LogP contribution in [0.5, 0.6) is 0 Å². The molecule has 4 N–H and O–H groups in total. The maximum absolute atomic E-state index is 12.0. The molecule has 0 radical (unpaired) electrons. The first kappa shape index (κ1) is 16.2. The minimum atomic E-state index is -0.231. The number of anilines is 1. The fraction of sp³-hybridized carbons (Fsp3) is 0.467. The van der Waals surface area contributed by atoms with Crippen molar-refractivity contribution in [3.05, 3.63) is 29.8 Å². The first-order valence-electron chi connectivity index (χ1n) is 6.80. The molecule has 0 aliphatic carbocycles. The van der Waals surface area contributed by atoms with Gasteiger partial charge in [0.1, 0.15) is 0 Å². The van der Waals surface area contributed by atoms with E-state index in [2.05, 4.69) is 10.6 Å². The third-order valence-corrected chi connectivity index (χ3v) is 3.14. The Morgan fingerprint density at radius 1 is 1.20 bits per heavy atom. The van der Waals surface area contributed by atoms with Crippen LogP contribution < -0.4 is 16.4 Å². The zero-order chi connectivity index (χ0) is 15.2. The topological polar surface area (TPSA) is 84.2 Å². The van der Waals surface area contributed by atoms with Gasteiger partial charge in [0, 0.05) is 29.8 Å². The van der Waals surface area contributed by atoms with Crippen LogP contribution in [0.4, 0.5) is 5.69 Å². The lowest BCUT2D eigenvalue weighted by molar-refractivity contribution is -0.116. The fourth-order valence-corrected chi connectivity index (χ4v) is 1.53. The summed E-state index contributed by atoms with van der Waals surface area (Å²) in [4.78, 5) is 23.4. The summed E-state index contributed by atoms with van der Waals surface area (Å²) in [6, 6.07) is 6.81. The first-order valence-corrected chi connectivity index (χ1v) is 6.80. The molecule has 5 heteroatoms. The Morgan fingerprint density at radius 2 is 1.80 bits per heavy atom. The van der Waals surface area contributed by atoms with E-state index in [1.807, 2.05) is 20.8 Å². The highest BCUT2D eigenvalue weighted by Gasteiger charge is 2.18. The molecule has 5 nitrogen and oxygen atoms in total. The van der Waals surface area contributed by atoms with Crippen molar-refractivity contribution in [2.45, 2.75) is 39.2 Å². The van der Waals surface area contributed by atoms with E-state index in [4.69, 9.17) is 5.73 Å². The van der Waals surface area contributed by atoms with E-state index in [9.17, 15) is 9.59 Å². The van der Waals surface area contributed by atoms with E-state index in [1.165, 1.54) is 0 Å². The molecule has 0 atom stereocenters. The van der Waals surface area contributed by atoms with Crippen LogP contribution in [-0.2, 0) is 4.79 Å². The number of hydrogen-bond donors (Lipinski definition) is 3. The van der Waals surface area contributed by atoms with Gasteiger partial charge >= 0.3 is 0 Å². The predicted molar refractivity (Wildman–Crippen MR) is 80.6 cm³/mol. The Morgan fingerprint density at radius 3 is 2.30 bits per heavy atom. The molecule has 1 aromatic rings. The molecule has 1 rings (SSSR count). The lowest BCUT2D eigenvalue weighted by Gasteiger charge is -2.24. The van der Waals surface area contributed by atoms with Gasteiger partial charge < -0.3 is 16.4 Å². The summed E-state index contributed by atoms with van der Waals surface area (Å²) in [5, 5.41) is 5.68. The lowest BCUT2D eigenvalue weighted by Crippen LogP contribution is -2.42. The van der Waals surface area contributed by atoms with Gasteiger partial charge in [-0.15, -0.1) is 0 Å². The summed E-state index contributed by atoms with van der Waals surface area (Å²) in [7, 11) is 0. The van der Waals surface area contributed by atoms with Crippen LogP contribution in [-0.4, -0.2) is 23.9 Å². The molecule has 0 saturated heterocycles. The molecule has 2 amide bonds. The molecular weight excluding hydrogens is 254 g/mol. The van der Waals surface area contributed by atoms with E-state index < -0.39 is 0 Å². The van der Waals surface area contributed by atoms with E-state index >= 15 is 0 Å². The minimum Gasteiger partial charge on any atom is -0.347 e. The standard InChI is InChI=1S/C15H23N3O2/c1-4-15(2,3)18-14(20)11-5-7-12(8-6-11)17-13(19)9-10-16/h5-8H,4,9-10,16H2,1-3H3,(H,17,19)(H,18,20). The summed E-state index contributed by atoms with van der Waals surface area (Å²) >= 11 is 0. The van der Waals surface area contributed by atoms with Gasteiger partial charge in [0.05, 0.1) is 0 Å². The largest absolute Gasteiger partial charge is 0.347 e. The van der Waals surface area contributed by atoms with Crippen molar-refractivity contribution in [3.8, 4) is 0 Å². The number of amides is 2. The van der Waals surface area contributed by atoms with Crippen molar-refractivity contribution in [3.63, 3.8) is 0 Å². The number of nitrogens with one attached hydrogen (secondary N) is 2. The summed E-state index contributed by atoms with van der Waals surface area (Å²) in [5.41, 5.74) is 6.31. The molecule has 0 spiro atoms. The van der Waals surface area contributed by atoms with E-state index in [-0.39, 0.29) is 23.8 Å². The highest BCUT2D eigenvalue weighted by molar-refractivity contribution is 5.96. The van der Waals surface area contributed by atoms with Crippen molar-refractivity contribution < 1.29 is 9.59 Å². The number of rotatable bonds is 6. The van der Waals surface area contributed by atoms with Crippen LogP contribution in [0.3, 0.4) is 0 Å². The SMILES string of the molecule is CCC(C)(C)NC(=O)c1ccc(NC(=O)CCN)cc1. The molecule has 0 saturated carbocycles. The quantitative estimate of drug-likeness (QED) is 0.742. The monoisotopic (exact) mass is 277 g/mol. The molecule has 0 aliphatic rings. The van der Waals surface area contributed by atoms with Gasteiger partial charge in [-0.3, -0.25) is 9.59 Å². The number of benzene rings is 1. The smallest absolute Gasteiger partial charge is 0.251 e. The van der Waals surface area contributed by atoms with Gasteiger partial charge in [-0.05, 0) is 44.5 Å². The molecule has 0 heterocycles. The second kappa shape index (κ2) is 7.05. The average Bonchev–Trinajstić information content (AvgIpc) is 2.39. The summed E-state index contributed by atoms with van der Waals surface area (Å²) in [5.74, 6) is -0.242. The van der Waals surface area contributed by atoms with Crippen LogP contribution in [0.2, 0.25) is 0 Å². The van der Waals surface area contributed by atoms with Gasteiger partial charge in [0.25, 0.3) is 5.91 Å². The zero-order valence-electron chi connectivity index (χ0n) is 12.3. The number of carbonyl (C=O) groups excluding carboxylic acids is 2. The minimum absolute atomic E-state index is 0.114. The molecule has 110 valence electrons. The molecule has 0 bridgehead atoms. The Kier molecular flexibility index (Phi) is 5.70. The van der Waals surface area contributed by atoms with Crippen molar-refractivity contribution in [1.29, 1.82) is 0 Å². The lowest BCUT2D eigenvalue weighted by atomic mass is 10.0. The Balaban J connectivity index is 2.66. The second-order valence-electron chi connectivity index (χ2n) is 5.36. The van der Waals surface area contributed by atoms with E-state index in [0.29, 0.717) is 17.8 Å². The second-order valence-corrected chi connectivity index (χ2v) is 5.36. The van der Waals surface area contributed by atoms with Gasteiger partial charge in [-0.1, -0.05) is 6.92 Å². The Labute approximate surface area is 119 Å². The van der Waals surface area contributed by atoms with Crippen molar-refractivity contribution in [2.75, 3.05) is 11.9 Å². The molecule has 1 aromatic carbocycles. The highest BCUT2D eigenvalue weighted by Crippen LogP contribution is 2.12. The highest BCUT2D eigenvalue weighted by atomic mass is 16.2. The maximum atomic E-state index is 12.0. The van der Waals surface area contributed by atoms with Crippen LogP contribution in [0.15, 0.2) is 24.3 Å². The van der Waals surface area contributed by atoms with Gasteiger partial charge in [0.15, 0.2) is 0 Å². The summed E-state index contributed by atoms with van der Waals surface area (Å²) < 4.78 is 0. The van der Waals surface area contributed by atoms with Crippen molar-refractivity contribution >= 4 is 17.5 Å². The normalized spacial score (nSPS) is 11.0. The zero-order valence-corrected chi connectivity index (χ0v) is 12.3. The third kappa shape index (κ3) is 5.01. The van der Waals surface area contributed by atoms with Crippen LogP contribution in [0, 0.1) is 0 Å². The van der Waals surface area contributed by atoms with Crippen molar-refractivity contribution in [2.24, 2.45) is 5.73 Å². The molecule has 0 fully saturated rings. The van der Waals surface area contributed by atoms with E-state index in [0.717, 1.165) is 6.42 Å². The number of carbonyl (C=O) groups is 2. The van der Waals surface area contributed by atoms with Crippen molar-refractivity contribution in [1.82, 2.24) is 5.32 Å². The van der Waals surface area contributed by atoms with E-state index in [1.54, 1.807) is 24.3 Å². The van der Waals surface area contributed by atoms with Gasteiger partial charge in [-0.25, -0.2) is 0 Å². The molecule has 0 unspecified atom stereocenters. The van der Waals surface area contributed by atoms with Gasteiger partial charge in [0.2, 0.25) is 5.91 Å².